The minimum absolute atomic E-state index is 0.129. The molecule has 1 fully saturated rings. The van der Waals surface area contributed by atoms with Gasteiger partial charge in [0.1, 0.15) is 17.8 Å². The molecular formula is C37H49NO7Si. The van der Waals surface area contributed by atoms with Crippen molar-refractivity contribution in [3.8, 4) is 0 Å². The van der Waals surface area contributed by atoms with Gasteiger partial charge in [0.05, 0.1) is 19.8 Å². The number of hydrogen-bond acceptors (Lipinski definition) is 7. The van der Waals surface area contributed by atoms with Crippen molar-refractivity contribution in [2.24, 2.45) is 0 Å². The number of hydrogen-bond donors (Lipinski definition) is 0. The Labute approximate surface area is 275 Å². The van der Waals surface area contributed by atoms with E-state index >= 15 is 0 Å². The van der Waals surface area contributed by atoms with E-state index in [1.807, 2.05) is 91.0 Å². The van der Waals surface area contributed by atoms with E-state index in [-0.39, 0.29) is 24.9 Å². The van der Waals surface area contributed by atoms with E-state index in [2.05, 4.69) is 33.9 Å². The molecule has 0 aromatic heterocycles. The third-order valence-corrected chi connectivity index (χ3v) is 12.7. The zero-order valence-electron chi connectivity index (χ0n) is 28.4. The molecule has 248 valence electrons. The van der Waals surface area contributed by atoms with Crippen molar-refractivity contribution in [3.05, 3.63) is 108 Å². The molecule has 3 aromatic carbocycles. The van der Waals surface area contributed by atoms with Gasteiger partial charge in [0, 0.05) is 0 Å². The Bertz CT molecular complexity index is 1400. The Balaban J connectivity index is 1.81. The van der Waals surface area contributed by atoms with Gasteiger partial charge in [-0.2, -0.15) is 0 Å². The number of ether oxygens (including phenoxy) is 4. The average molecular weight is 648 g/mol. The number of piperidine rings is 1. The number of benzene rings is 3. The van der Waals surface area contributed by atoms with Gasteiger partial charge in [-0.1, -0.05) is 112 Å². The lowest BCUT2D eigenvalue weighted by Crippen LogP contribution is -2.70. The summed E-state index contributed by atoms with van der Waals surface area (Å²) in [4.78, 5) is 29.6. The highest BCUT2D eigenvalue weighted by atomic mass is 28.4. The van der Waals surface area contributed by atoms with Gasteiger partial charge in [-0.25, -0.2) is 9.69 Å². The van der Waals surface area contributed by atoms with Crippen molar-refractivity contribution in [1.29, 1.82) is 0 Å². The Morgan fingerprint density at radius 3 is 1.50 bits per heavy atom. The molecule has 0 aliphatic carbocycles. The van der Waals surface area contributed by atoms with Crippen molar-refractivity contribution in [1.82, 2.24) is 4.90 Å². The molecule has 0 N–H and O–H groups in total. The van der Waals surface area contributed by atoms with Crippen LogP contribution in [0.3, 0.4) is 0 Å². The smallest absolute Gasteiger partial charge is 0.419 e. The fraction of sp³-hybridized carbons (Fsp3) is 0.459. The van der Waals surface area contributed by atoms with Gasteiger partial charge in [0.15, 0.2) is 20.6 Å². The summed E-state index contributed by atoms with van der Waals surface area (Å²) in [5, 5.41) is -0.235. The van der Waals surface area contributed by atoms with Gasteiger partial charge < -0.3 is 23.4 Å². The Kier molecular flexibility index (Phi) is 11.6. The lowest BCUT2D eigenvalue weighted by Gasteiger charge is -2.50. The molecule has 0 unspecified atom stereocenters. The van der Waals surface area contributed by atoms with Gasteiger partial charge in [-0.15, -0.1) is 0 Å². The maximum Gasteiger partial charge on any atom is 0.419 e. The normalized spacial score (nSPS) is 20.9. The first kappa shape index (κ1) is 35.5. The SMILES string of the molecule is CC(C)(C)OC(=O)N1C(=O)[C@H](OCc2ccccc2)[C@@H](OCc2ccccc2)[C@H](OCc2ccccc2)[C@@H]1O[Si](C)(C)C(C)(C)C. The van der Waals surface area contributed by atoms with Gasteiger partial charge in [-0.3, -0.25) is 4.79 Å². The lowest BCUT2D eigenvalue weighted by atomic mass is 9.98. The van der Waals surface area contributed by atoms with Crippen LogP contribution < -0.4 is 0 Å². The van der Waals surface area contributed by atoms with Crippen molar-refractivity contribution >= 4 is 20.3 Å². The second-order valence-corrected chi connectivity index (χ2v) is 19.0. The molecule has 3 aromatic rings. The molecule has 9 heteroatoms. The maximum absolute atomic E-state index is 14.6. The highest BCUT2D eigenvalue weighted by molar-refractivity contribution is 6.74. The monoisotopic (exact) mass is 647 g/mol. The number of amides is 2. The summed E-state index contributed by atoms with van der Waals surface area (Å²) in [5.74, 6) is -0.591. The molecule has 4 atom stereocenters. The van der Waals surface area contributed by atoms with Crippen LogP contribution in [0.2, 0.25) is 18.1 Å². The Morgan fingerprint density at radius 2 is 1.09 bits per heavy atom. The van der Waals surface area contributed by atoms with Gasteiger partial charge in [0.25, 0.3) is 5.91 Å². The van der Waals surface area contributed by atoms with Gasteiger partial charge >= 0.3 is 6.09 Å². The fourth-order valence-corrected chi connectivity index (χ4v) is 6.00. The number of nitrogens with zero attached hydrogens (tertiary/aromatic N) is 1. The average Bonchev–Trinajstić information content (AvgIpc) is 2.99. The minimum atomic E-state index is -2.61. The summed E-state index contributed by atoms with van der Waals surface area (Å²) in [6.07, 6.45) is -4.93. The number of imide groups is 1. The summed E-state index contributed by atoms with van der Waals surface area (Å²) < 4.78 is 32.4. The zero-order chi connectivity index (χ0) is 33.5. The topological polar surface area (TPSA) is 83.5 Å². The third-order valence-electron chi connectivity index (χ3n) is 8.29. The van der Waals surface area contributed by atoms with E-state index in [1.165, 1.54) is 0 Å². The van der Waals surface area contributed by atoms with Crippen LogP contribution in [0.15, 0.2) is 91.0 Å². The van der Waals surface area contributed by atoms with Crippen LogP contribution in [0.4, 0.5) is 4.79 Å². The molecule has 46 heavy (non-hydrogen) atoms. The van der Waals surface area contributed by atoms with Gasteiger partial charge in [0.2, 0.25) is 0 Å². The first-order chi connectivity index (χ1) is 21.7. The van der Waals surface area contributed by atoms with E-state index in [0.29, 0.717) is 0 Å². The molecule has 8 nitrogen and oxygen atoms in total. The number of carbonyl (C=O) groups is 2. The molecule has 2 amide bonds. The Morgan fingerprint density at radius 1 is 0.674 bits per heavy atom. The highest BCUT2D eigenvalue weighted by Gasteiger charge is 2.57. The molecule has 0 radical (unpaired) electrons. The molecule has 1 aliphatic heterocycles. The maximum atomic E-state index is 14.6. The second-order valence-electron chi connectivity index (χ2n) is 14.2. The number of rotatable bonds is 11. The van der Waals surface area contributed by atoms with E-state index in [9.17, 15) is 9.59 Å². The van der Waals surface area contributed by atoms with E-state index in [4.69, 9.17) is 23.4 Å². The predicted molar refractivity (Wildman–Crippen MR) is 180 cm³/mol. The third kappa shape index (κ3) is 9.36. The molecule has 4 rings (SSSR count). The van der Waals surface area contributed by atoms with Crippen molar-refractivity contribution in [3.63, 3.8) is 0 Å². The molecule has 0 bridgehead atoms. The van der Waals surface area contributed by atoms with Crippen LogP contribution in [0.25, 0.3) is 0 Å². The molecular weight excluding hydrogens is 598 g/mol. The molecule has 1 aliphatic rings. The first-order valence-corrected chi connectivity index (χ1v) is 18.8. The van der Waals surface area contributed by atoms with Gasteiger partial charge in [-0.05, 0) is 55.6 Å². The van der Waals surface area contributed by atoms with E-state index < -0.39 is 50.5 Å². The minimum Gasteiger partial charge on any atom is -0.443 e. The zero-order valence-corrected chi connectivity index (χ0v) is 29.4. The van der Waals surface area contributed by atoms with Crippen LogP contribution >= 0.6 is 0 Å². The van der Waals surface area contributed by atoms with Crippen molar-refractivity contribution in [2.45, 2.75) is 110 Å². The van der Waals surface area contributed by atoms with Crippen molar-refractivity contribution < 1.29 is 33.0 Å². The molecule has 1 saturated heterocycles. The second kappa shape index (κ2) is 15.0. The van der Waals surface area contributed by atoms with Crippen LogP contribution in [-0.4, -0.2) is 55.4 Å². The number of carbonyl (C=O) groups excluding carboxylic acids is 2. The van der Waals surface area contributed by atoms with Crippen LogP contribution in [-0.2, 0) is 48.0 Å². The van der Waals surface area contributed by atoms with E-state index in [0.717, 1.165) is 21.6 Å². The van der Waals surface area contributed by atoms with Crippen molar-refractivity contribution in [2.75, 3.05) is 0 Å². The van der Waals surface area contributed by atoms with E-state index in [1.54, 1.807) is 20.8 Å². The lowest BCUT2D eigenvalue weighted by molar-refractivity contribution is -0.229. The predicted octanol–water partition coefficient (Wildman–Crippen LogP) is 7.87. The number of likely N-dealkylation sites (tertiary alicyclic amines) is 1. The van der Waals surface area contributed by atoms with Crippen LogP contribution in [0.5, 0.6) is 0 Å². The van der Waals surface area contributed by atoms with Crippen LogP contribution in [0.1, 0.15) is 58.2 Å². The van der Waals surface area contributed by atoms with Crippen LogP contribution in [0, 0.1) is 0 Å². The summed E-state index contributed by atoms with van der Waals surface area (Å²) in [7, 11) is -2.61. The first-order valence-electron chi connectivity index (χ1n) is 15.9. The summed E-state index contributed by atoms with van der Waals surface area (Å²) >= 11 is 0. The molecule has 0 saturated carbocycles. The Hall–Kier alpha value is -3.34. The molecule has 0 spiro atoms. The highest BCUT2D eigenvalue weighted by Crippen LogP contribution is 2.41. The quantitative estimate of drug-likeness (QED) is 0.196. The fourth-order valence-electron chi connectivity index (χ4n) is 4.81. The standard InChI is InChI=1S/C37H49NO7Si/c1-36(2,3)44-35(40)38-33(39)31(42-25-28-20-14-10-15-21-28)30(41-24-27-18-12-9-13-19-27)32(43-26-29-22-16-11-17-23-29)34(38)45-46(7,8)37(4,5)6/h9-23,30-32,34H,24-26H2,1-8H3/t30-,31-,32+,34+/m1/s1. The summed E-state index contributed by atoms with van der Waals surface area (Å²) in [6.45, 7) is 16.3. The summed E-state index contributed by atoms with van der Waals surface area (Å²) in [6, 6.07) is 29.1. The summed E-state index contributed by atoms with van der Waals surface area (Å²) in [5.41, 5.74) is 1.87. The molecule has 1 heterocycles. The largest absolute Gasteiger partial charge is 0.443 e.